The lowest BCUT2D eigenvalue weighted by atomic mass is 9.95. The molecule has 1 amide bonds. The zero-order valence-corrected chi connectivity index (χ0v) is 28.5. The standard InChI is InChI=1S/C36H31F4N9O2S/c37-20-15-36(7-3-9-49(36)18-20)19-51-35-45-30-24(17-44-29(28(30)40)22-5-6-25(38)31-27(22)23(16-41)32(42)52-31)33(46-35)47-10-12-48(13-11-47)34(50)26(39)14-21-4-1-2-8-43-21/h1-2,4-6,8,14,17,20H,3,7,9-13,15,18-19,42H2/b26-14-/t20-,36+/m1/s1. The van der Waals surface area contributed by atoms with Gasteiger partial charge in [0.1, 0.15) is 46.7 Å². The van der Waals surface area contributed by atoms with E-state index in [1.807, 2.05) is 11.0 Å². The normalized spacial score (nSPS) is 20.8. The van der Waals surface area contributed by atoms with E-state index in [1.165, 1.54) is 29.4 Å². The smallest absolute Gasteiger partial charge is 0.319 e. The van der Waals surface area contributed by atoms with Crippen molar-refractivity contribution in [2.45, 2.75) is 31.0 Å². The lowest BCUT2D eigenvalue weighted by Crippen LogP contribution is -2.49. The molecule has 3 aliphatic rings. The monoisotopic (exact) mass is 729 g/mol. The van der Waals surface area contributed by atoms with Crippen LogP contribution in [-0.4, -0.2) is 93.2 Å². The fourth-order valence-corrected chi connectivity index (χ4v) is 8.54. The van der Waals surface area contributed by atoms with E-state index >= 15 is 4.39 Å². The summed E-state index contributed by atoms with van der Waals surface area (Å²) < 4.78 is 67.4. The van der Waals surface area contributed by atoms with Gasteiger partial charge in [0.05, 0.1) is 26.9 Å². The second kappa shape index (κ2) is 13.3. The molecule has 0 unspecified atom stereocenters. The molecule has 8 rings (SSSR count). The SMILES string of the molecule is N#Cc1c(N)sc2c(F)ccc(-c3ncc4c(N5CCN(C(=O)/C(F)=C/c6ccccn6)CC5)nc(OC[C@@]56CCCN5C[C@H](F)C6)nc4c3F)c12. The van der Waals surface area contributed by atoms with Crippen LogP contribution in [0.2, 0.25) is 0 Å². The molecule has 0 spiro atoms. The molecule has 2 atom stereocenters. The van der Waals surface area contributed by atoms with Gasteiger partial charge in [-0.1, -0.05) is 6.07 Å². The summed E-state index contributed by atoms with van der Waals surface area (Å²) in [6.45, 7) is 1.88. The van der Waals surface area contributed by atoms with E-state index in [1.54, 1.807) is 18.2 Å². The molecular formula is C36H31F4N9O2S. The van der Waals surface area contributed by atoms with Crippen molar-refractivity contribution in [2.24, 2.45) is 0 Å². The number of hydrogen-bond acceptors (Lipinski definition) is 11. The Morgan fingerprint density at radius 1 is 1.13 bits per heavy atom. The minimum Gasteiger partial charge on any atom is -0.461 e. The van der Waals surface area contributed by atoms with Crippen molar-refractivity contribution in [3.63, 3.8) is 0 Å². The molecule has 266 valence electrons. The Balaban J connectivity index is 1.16. The summed E-state index contributed by atoms with van der Waals surface area (Å²) in [6, 6.07) is 9.35. The molecule has 1 aromatic carbocycles. The number of piperazine rings is 1. The number of nitrogen functional groups attached to an aromatic ring is 1. The van der Waals surface area contributed by atoms with Gasteiger partial charge in [0.15, 0.2) is 11.6 Å². The lowest BCUT2D eigenvalue weighted by Gasteiger charge is -2.35. The number of aromatic nitrogens is 4. The van der Waals surface area contributed by atoms with Gasteiger partial charge in [0.2, 0.25) is 0 Å². The topological polar surface area (TPSA) is 137 Å². The lowest BCUT2D eigenvalue weighted by molar-refractivity contribution is -0.128. The first-order valence-electron chi connectivity index (χ1n) is 16.8. The van der Waals surface area contributed by atoms with Gasteiger partial charge >= 0.3 is 6.01 Å². The van der Waals surface area contributed by atoms with Crippen molar-refractivity contribution in [1.82, 2.24) is 29.7 Å². The minimum absolute atomic E-state index is 0.0185. The highest BCUT2D eigenvalue weighted by molar-refractivity contribution is 7.23. The number of pyridine rings is 2. The number of ether oxygens (including phenoxy) is 1. The second-order valence-corrected chi connectivity index (χ2v) is 14.2. The first-order valence-corrected chi connectivity index (χ1v) is 17.6. The quantitative estimate of drug-likeness (QED) is 0.165. The van der Waals surface area contributed by atoms with E-state index < -0.39 is 35.1 Å². The van der Waals surface area contributed by atoms with Gasteiger partial charge in [-0.25, -0.2) is 17.6 Å². The number of rotatable bonds is 7. The van der Waals surface area contributed by atoms with Gasteiger partial charge in [-0.2, -0.15) is 15.2 Å². The Bertz CT molecular complexity index is 2290. The molecule has 4 aromatic heterocycles. The van der Waals surface area contributed by atoms with Gasteiger partial charge in [-0.15, -0.1) is 11.3 Å². The molecule has 0 saturated carbocycles. The molecule has 16 heteroatoms. The molecule has 0 bridgehead atoms. The average molecular weight is 730 g/mol. The molecule has 52 heavy (non-hydrogen) atoms. The Labute approximate surface area is 299 Å². The third-order valence-corrected chi connectivity index (χ3v) is 11.1. The number of fused-ring (bicyclic) bond motifs is 3. The number of hydrogen-bond donors (Lipinski definition) is 1. The molecule has 3 fully saturated rings. The molecular weight excluding hydrogens is 699 g/mol. The molecule has 0 radical (unpaired) electrons. The third kappa shape index (κ3) is 5.83. The Kier molecular flexibility index (Phi) is 8.62. The summed E-state index contributed by atoms with van der Waals surface area (Å²) in [6.07, 6.45) is 4.95. The van der Waals surface area contributed by atoms with Crippen LogP contribution in [-0.2, 0) is 4.79 Å². The van der Waals surface area contributed by atoms with Crippen molar-refractivity contribution >= 4 is 55.1 Å². The van der Waals surface area contributed by atoms with E-state index in [0.29, 0.717) is 18.7 Å². The van der Waals surface area contributed by atoms with Gasteiger partial charge in [-0.05, 0) is 43.7 Å². The van der Waals surface area contributed by atoms with Crippen molar-refractivity contribution in [2.75, 3.05) is 56.5 Å². The molecule has 0 aliphatic carbocycles. The van der Waals surface area contributed by atoms with Crippen molar-refractivity contribution in [3.05, 3.63) is 71.4 Å². The summed E-state index contributed by atoms with van der Waals surface area (Å²) in [5.41, 5.74) is 5.69. The zero-order chi connectivity index (χ0) is 36.1. The van der Waals surface area contributed by atoms with Crippen molar-refractivity contribution in [3.8, 4) is 23.3 Å². The highest BCUT2D eigenvalue weighted by atomic mass is 32.1. The maximum atomic E-state index is 16.8. The summed E-state index contributed by atoms with van der Waals surface area (Å²) in [4.78, 5) is 35.9. The first-order chi connectivity index (χ1) is 25.2. The number of nitriles is 1. The molecule has 3 saturated heterocycles. The number of nitrogens with two attached hydrogens (primary N) is 1. The summed E-state index contributed by atoms with van der Waals surface area (Å²) >= 11 is 0.891. The summed E-state index contributed by atoms with van der Waals surface area (Å²) in [5, 5.41) is 10.3. The van der Waals surface area contributed by atoms with Crippen molar-refractivity contribution in [1.29, 1.82) is 5.26 Å². The molecule has 5 aromatic rings. The van der Waals surface area contributed by atoms with E-state index in [4.69, 9.17) is 10.5 Å². The van der Waals surface area contributed by atoms with Gasteiger partial charge in [-0.3, -0.25) is 19.7 Å². The Morgan fingerprint density at radius 2 is 1.96 bits per heavy atom. The highest BCUT2D eigenvalue weighted by Gasteiger charge is 2.49. The molecule has 2 N–H and O–H groups in total. The Morgan fingerprint density at radius 3 is 2.73 bits per heavy atom. The van der Waals surface area contributed by atoms with Gasteiger partial charge in [0, 0.05) is 68.6 Å². The number of amides is 1. The second-order valence-electron chi connectivity index (χ2n) is 13.2. The van der Waals surface area contributed by atoms with Crippen LogP contribution < -0.4 is 15.4 Å². The van der Waals surface area contributed by atoms with E-state index in [-0.39, 0.29) is 87.4 Å². The van der Waals surface area contributed by atoms with Gasteiger partial charge in [0.25, 0.3) is 5.91 Å². The van der Waals surface area contributed by atoms with Crippen LogP contribution in [0.1, 0.15) is 30.5 Å². The van der Waals surface area contributed by atoms with Crippen LogP contribution in [0, 0.1) is 23.0 Å². The predicted molar refractivity (Wildman–Crippen MR) is 188 cm³/mol. The van der Waals surface area contributed by atoms with Crippen LogP contribution in [0.15, 0.2) is 48.6 Å². The number of carbonyl (C=O) groups is 1. The van der Waals surface area contributed by atoms with Crippen LogP contribution in [0.25, 0.3) is 38.3 Å². The third-order valence-electron chi connectivity index (χ3n) is 10.1. The van der Waals surface area contributed by atoms with E-state index in [2.05, 4.69) is 24.8 Å². The van der Waals surface area contributed by atoms with Crippen LogP contribution in [0.3, 0.4) is 0 Å². The van der Waals surface area contributed by atoms with E-state index in [9.17, 15) is 23.2 Å². The molecule has 7 heterocycles. The Hall–Kier alpha value is -5.40. The fraction of sp³-hybridized carbons (Fsp3) is 0.333. The van der Waals surface area contributed by atoms with Gasteiger partial charge < -0.3 is 20.3 Å². The number of anilines is 2. The minimum atomic E-state index is -0.984. The zero-order valence-electron chi connectivity index (χ0n) is 27.7. The number of nitrogens with zero attached hydrogens (tertiary/aromatic N) is 8. The fourth-order valence-electron chi connectivity index (χ4n) is 7.59. The first kappa shape index (κ1) is 33.7. The molecule has 3 aliphatic heterocycles. The summed E-state index contributed by atoms with van der Waals surface area (Å²) in [7, 11) is 0. The maximum Gasteiger partial charge on any atom is 0.319 e. The number of benzene rings is 1. The van der Waals surface area contributed by atoms with Crippen LogP contribution in [0.4, 0.5) is 28.4 Å². The van der Waals surface area contributed by atoms with E-state index in [0.717, 1.165) is 36.8 Å². The largest absolute Gasteiger partial charge is 0.461 e. The maximum absolute atomic E-state index is 16.8. The predicted octanol–water partition coefficient (Wildman–Crippen LogP) is 5.65. The average Bonchev–Trinajstić information content (AvgIpc) is 3.80. The highest BCUT2D eigenvalue weighted by Crippen LogP contribution is 2.43. The number of thiophene rings is 1. The van der Waals surface area contributed by atoms with Crippen LogP contribution >= 0.6 is 11.3 Å². The number of alkyl halides is 1. The van der Waals surface area contributed by atoms with Crippen molar-refractivity contribution < 1.29 is 27.1 Å². The molecule has 11 nitrogen and oxygen atoms in total. The van der Waals surface area contributed by atoms with Crippen LogP contribution in [0.5, 0.6) is 6.01 Å². The summed E-state index contributed by atoms with van der Waals surface area (Å²) in [5.74, 6) is -2.90. The number of halogens is 4. The number of carbonyl (C=O) groups excluding carboxylic acids is 1.